The molecule has 0 saturated carbocycles. The molecule has 148 valence electrons. The minimum atomic E-state index is -0.674. The number of esters is 1. The number of ether oxygens (including phenoxy) is 2. The molecule has 0 radical (unpaired) electrons. The van der Waals surface area contributed by atoms with E-state index in [-0.39, 0.29) is 10.1 Å². The molecule has 1 aliphatic heterocycles. The normalized spacial score (nSPS) is 16.4. The topological polar surface area (TPSA) is 85.3 Å². The van der Waals surface area contributed by atoms with Crippen molar-refractivity contribution in [3.8, 4) is 5.75 Å². The van der Waals surface area contributed by atoms with Crippen molar-refractivity contribution in [2.45, 2.75) is 6.92 Å². The summed E-state index contributed by atoms with van der Waals surface area (Å²) in [4.78, 5) is 42.8. The first-order valence-corrected chi connectivity index (χ1v) is 9.41. The number of anilines is 1. The second-order valence-corrected chi connectivity index (χ2v) is 7.02. The molecule has 3 rings (SSSR count). The van der Waals surface area contributed by atoms with Gasteiger partial charge in [-0.25, -0.2) is 4.79 Å². The lowest BCUT2D eigenvalue weighted by Crippen LogP contribution is -2.30. The van der Waals surface area contributed by atoms with Gasteiger partial charge < -0.3 is 9.47 Å². The van der Waals surface area contributed by atoms with Gasteiger partial charge in [0, 0.05) is 11.6 Å². The van der Waals surface area contributed by atoms with E-state index in [1.54, 1.807) is 42.5 Å². The first-order valence-electron chi connectivity index (χ1n) is 8.59. The van der Waals surface area contributed by atoms with Gasteiger partial charge in [-0.05, 0) is 43.0 Å². The summed E-state index contributed by atoms with van der Waals surface area (Å²) in [6, 6.07) is 13.9. The molecular weight excluding hydrogens is 392 g/mol. The van der Waals surface area contributed by atoms with Crippen LogP contribution in [0.5, 0.6) is 5.75 Å². The number of methoxy groups -OCH3 is 2. The fourth-order valence-corrected chi connectivity index (χ4v) is 3.60. The average molecular weight is 410 g/mol. The van der Waals surface area contributed by atoms with Gasteiger partial charge in [0.15, 0.2) is 5.17 Å². The summed E-state index contributed by atoms with van der Waals surface area (Å²) in [7, 11) is 2.70. The third kappa shape index (κ3) is 4.38. The predicted octanol–water partition coefficient (Wildman–Crippen LogP) is 3.34. The Bertz CT molecular complexity index is 1040. The minimum absolute atomic E-state index is 0.0959. The zero-order valence-electron chi connectivity index (χ0n) is 16.0. The SMILES string of the molecule is COC(=O)/C=C1/SC(=NC(=O)c2cccc(C)c2)N(c2ccccc2OC)C1=O. The molecule has 2 aromatic rings. The Kier molecular flexibility index (Phi) is 6.13. The molecule has 1 saturated heterocycles. The number of carbonyl (C=O) groups is 3. The van der Waals surface area contributed by atoms with Crippen LogP contribution in [0.1, 0.15) is 15.9 Å². The molecule has 2 aromatic carbocycles. The van der Waals surface area contributed by atoms with Crippen LogP contribution in [0.25, 0.3) is 0 Å². The van der Waals surface area contributed by atoms with E-state index in [1.165, 1.54) is 19.1 Å². The highest BCUT2D eigenvalue weighted by Gasteiger charge is 2.37. The number of amidine groups is 1. The number of hydrogen-bond donors (Lipinski definition) is 0. The Balaban J connectivity index is 2.08. The molecular formula is C21H18N2O5S. The number of amides is 2. The summed E-state index contributed by atoms with van der Waals surface area (Å²) in [6.45, 7) is 1.87. The number of nitrogens with zero attached hydrogens (tertiary/aromatic N) is 2. The summed E-state index contributed by atoms with van der Waals surface area (Å²) < 4.78 is 9.96. The molecule has 0 aromatic heterocycles. The van der Waals surface area contributed by atoms with E-state index < -0.39 is 17.8 Å². The third-order valence-corrected chi connectivity index (χ3v) is 5.01. The smallest absolute Gasteiger partial charge is 0.331 e. The van der Waals surface area contributed by atoms with Crippen molar-refractivity contribution in [1.82, 2.24) is 0 Å². The molecule has 0 N–H and O–H groups in total. The molecule has 0 unspecified atom stereocenters. The number of thioether (sulfide) groups is 1. The first kappa shape index (κ1) is 20.3. The van der Waals surface area contributed by atoms with Gasteiger partial charge in [-0.2, -0.15) is 4.99 Å². The van der Waals surface area contributed by atoms with Gasteiger partial charge in [0.2, 0.25) is 0 Å². The second-order valence-electron chi connectivity index (χ2n) is 6.02. The maximum absolute atomic E-state index is 13.0. The average Bonchev–Trinajstić information content (AvgIpc) is 3.02. The Hall–Kier alpha value is -3.39. The minimum Gasteiger partial charge on any atom is -0.495 e. The number of carbonyl (C=O) groups excluding carboxylic acids is 3. The van der Waals surface area contributed by atoms with Gasteiger partial charge in [-0.1, -0.05) is 29.8 Å². The number of aryl methyl sites for hydroxylation is 1. The molecule has 1 fully saturated rings. The number of benzene rings is 2. The number of aliphatic imine (C=N–C) groups is 1. The molecule has 0 bridgehead atoms. The molecule has 1 heterocycles. The van der Waals surface area contributed by atoms with E-state index in [0.717, 1.165) is 23.4 Å². The maximum Gasteiger partial charge on any atom is 0.331 e. The van der Waals surface area contributed by atoms with Crippen LogP contribution >= 0.6 is 11.8 Å². The van der Waals surface area contributed by atoms with Gasteiger partial charge in [0.1, 0.15) is 5.75 Å². The largest absolute Gasteiger partial charge is 0.495 e. The van der Waals surface area contributed by atoms with Crippen LogP contribution in [-0.4, -0.2) is 37.2 Å². The van der Waals surface area contributed by atoms with Crippen LogP contribution in [-0.2, 0) is 14.3 Å². The second kappa shape index (κ2) is 8.74. The zero-order chi connectivity index (χ0) is 21.0. The highest BCUT2D eigenvalue weighted by atomic mass is 32.2. The number of rotatable bonds is 4. The van der Waals surface area contributed by atoms with Gasteiger partial charge in [0.25, 0.3) is 11.8 Å². The lowest BCUT2D eigenvalue weighted by molar-refractivity contribution is -0.135. The van der Waals surface area contributed by atoms with Gasteiger partial charge in [-0.15, -0.1) is 0 Å². The van der Waals surface area contributed by atoms with Crippen molar-refractivity contribution in [3.63, 3.8) is 0 Å². The Labute approximate surface area is 172 Å². The standard InChI is InChI=1S/C21H18N2O5S/c1-13-7-6-8-14(11-13)19(25)22-21-23(15-9-4-5-10-16(15)27-2)20(26)17(29-21)12-18(24)28-3/h4-12H,1-3H3/b17-12+,22-21?. The van der Waals surface area contributed by atoms with Crippen LogP contribution in [0.3, 0.4) is 0 Å². The Morgan fingerprint density at radius 1 is 1.10 bits per heavy atom. The van der Waals surface area contributed by atoms with Crippen LogP contribution in [0, 0.1) is 6.92 Å². The summed E-state index contributed by atoms with van der Waals surface area (Å²) in [5.41, 5.74) is 1.73. The zero-order valence-corrected chi connectivity index (χ0v) is 16.9. The number of para-hydroxylation sites is 2. The lowest BCUT2D eigenvalue weighted by Gasteiger charge is -2.18. The number of hydrogen-bond acceptors (Lipinski definition) is 6. The van der Waals surface area contributed by atoms with E-state index in [9.17, 15) is 14.4 Å². The molecule has 1 aliphatic rings. The highest BCUT2D eigenvalue weighted by molar-refractivity contribution is 8.19. The monoisotopic (exact) mass is 410 g/mol. The summed E-state index contributed by atoms with van der Waals surface area (Å²) in [6.07, 6.45) is 1.08. The van der Waals surface area contributed by atoms with E-state index in [1.807, 2.05) is 13.0 Å². The van der Waals surface area contributed by atoms with Crippen LogP contribution < -0.4 is 9.64 Å². The molecule has 0 aliphatic carbocycles. The van der Waals surface area contributed by atoms with Gasteiger partial charge in [0.05, 0.1) is 24.8 Å². The predicted molar refractivity (Wildman–Crippen MR) is 111 cm³/mol. The summed E-state index contributed by atoms with van der Waals surface area (Å²) >= 11 is 0.922. The van der Waals surface area contributed by atoms with Crippen LogP contribution in [0.4, 0.5) is 5.69 Å². The van der Waals surface area contributed by atoms with Crippen molar-refractivity contribution < 1.29 is 23.9 Å². The van der Waals surface area contributed by atoms with Crippen molar-refractivity contribution in [2.75, 3.05) is 19.1 Å². The van der Waals surface area contributed by atoms with Crippen LogP contribution in [0.15, 0.2) is 64.5 Å². The lowest BCUT2D eigenvalue weighted by atomic mass is 10.1. The van der Waals surface area contributed by atoms with Gasteiger partial charge in [-0.3, -0.25) is 14.5 Å². The van der Waals surface area contributed by atoms with Crippen molar-refractivity contribution in [2.24, 2.45) is 4.99 Å². The fourth-order valence-electron chi connectivity index (χ4n) is 2.67. The Morgan fingerprint density at radius 2 is 1.86 bits per heavy atom. The maximum atomic E-state index is 13.0. The van der Waals surface area contributed by atoms with Crippen molar-refractivity contribution in [3.05, 3.63) is 70.6 Å². The molecule has 0 atom stereocenters. The quantitative estimate of drug-likeness (QED) is 0.568. The summed E-state index contributed by atoms with van der Waals surface area (Å²) in [5.74, 6) is -1.24. The van der Waals surface area contributed by atoms with E-state index in [0.29, 0.717) is 17.0 Å². The van der Waals surface area contributed by atoms with Gasteiger partial charge >= 0.3 is 5.97 Å². The highest BCUT2D eigenvalue weighted by Crippen LogP contribution is 2.39. The van der Waals surface area contributed by atoms with Crippen molar-refractivity contribution >= 4 is 40.4 Å². The molecule has 8 heteroatoms. The summed E-state index contributed by atoms with van der Waals surface area (Å²) in [5, 5.41) is 0.126. The molecule has 0 spiro atoms. The third-order valence-electron chi connectivity index (χ3n) is 4.04. The van der Waals surface area contributed by atoms with Crippen LogP contribution in [0.2, 0.25) is 0 Å². The van der Waals surface area contributed by atoms with E-state index in [4.69, 9.17) is 4.74 Å². The van der Waals surface area contributed by atoms with E-state index in [2.05, 4.69) is 9.73 Å². The molecule has 2 amide bonds. The first-order chi connectivity index (χ1) is 13.9. The fraction of sp³-hybridized carbons (Fsp3) is 0.143. The van der Waals surface area contributed by atoms with E-state index >= 15 is 0 Å². The molecule has 7 nitrogen and oxygen atoms in total. The molecule has 29 heavy (non-hydrogen) atoms. The Morgan fingerprint density at radius 3 is 2.55 bits per heavy atom. The van der Waals surface area contributed by atoms with Crippen molar-refractivity contribution in [1.29, 1.82) is 0 Å².